The van der Waals surface area contributed by atoms with Crippen LogP contribution >= 0.6 is 0 Å². The lowest BCUT2D eigenvalue weighted by Crippen LogP contribution is -2.17. The van der Waals surface area contributed by atoms with E-state index >= 15 is 0 Å². The number of methoxy groups -OCH3 is 1. The molecule has 0 bridgehead atoms. The maximum atomic E-state index is 9.95. The number of aliphatic hydroxyl groups is 1. The first-order valence-corrected chi connectivity index (χ1v) is 6.76. The third-order valence-electron chi connectivity index (χ3n) is 3.29. The van der Waals surface area contributed by atoms with E-state index in [1.807, 2.05) is 44.2 Å². The van der Waals surface area contributed by atoms with Gasteiger partial charge in [0, 0.05) is 5.92 Å². The maximum absolute atomic E-state index is 9.95. The quantitative estimate of drug-likeness (QED) is 0.584. The molecule has 0 spiro atoms. The molecule has 20 heavy (non-hydrogen) atoms. The zero-order chi connectivity index (χ0) is 15.0. The summed E-state index contributed by atoms with van der Waals surface area (Å²) in [4.78, 5) is 0. The molecule has 0 unspecified atom stereocenters. The van der Waals surface area contributed by atoms with Crippen molar-refractivity contribution >= 4 is 0 Å². The molecule has 1 N–H and O–H groups in total. The Bertz CT molecular complexity index is 434. The first-order valence-electron chi connectivity index (χ1n) is 6.76. The van der Waals surface area contributed by atoms with Crippen molar-refractivity contribution in [1.82, 2.24) is 0 Å². The van der Waals surface area contributed by atoms with Crippen LogP contribution in [-0.2, 0) is 11.3 Å². The van der Waals surface area contributed by atoms with Crippen LogP contribution in [0, 0.1) is 5.92 Å². The topological polar surface area (TPSA) is 38.7 Å². The third-order valence-corrected chi connectivity index (χ3v) is 3.29. The molecule has 0 amide bonds. The molecule has 0 aliphatic rings. The molecule has 110 valence electrons. The zero-order valence-corrected chi connectivity index (χ0v) is 12.5. The van der Waals surface area contributed by atoms with Gasteiger partial charge in [-0.25, -0.2) is 0 Å². The fourth-order valence-electron chi connectivity index (χ4n) is 1.75. The van der Waals surface area contributed by atoms with Gasteiger partial charge in [-0.2, -0.15) is 0 Å². The smallest absolute Gasteiger partial charge is 0.118 e. The molecule has 1 rings (SSSR count). The summed E-state index contributed by atoms with van der Waals surface area (Å²) in [6, 6.07) is 7.78. The second kappa shape index (κ2) is 8.56. The average Bonchev–Trinajstić information content (AvgIpc) is 2.50. The van der Waals surface area contributed by atoms with Crippen LogP contribution in [0.1, 0.15) is 19.4 Å². The highest BCUT2D eigenvalue weighted by molar-refractivity contribution is 5.26. The van der Waals surface area contributed by atoms with Gasteiger partial charge in [0.2, 0.25) is 0 Å². The number of rotatable bonds is 8. The SMILES string of the molecule is C=C[C@H](C)[C@H](O)C(C)=CCOCc1ccc(OC)cc1. The Morgan fingerprint density at radius 3 is 2.55 bits per heavy atom. The molecular formula is C17H24O3. The lowest BCUT2D eigenvalue weighted by atomic mass is 9.98. The standard InChI is InChI=1S/C17H24O3/c1-5-13(2)17(18)14(3)10-11-20-12-15-6-8-16(19-4)9-7-15/h5-10,13,17-18H,1,11-12H2,2-4H3/t13-,17-/m0/s1. The molecule has 3 nitrogen and oxygen atoms in total. The van der Waals surface area contributed by atoms with Gasteiger partial charge in [0.1, 0.15) is 5.75 Å². The van der Waals surface area contributed by atoms with E-state index in [-0.39, 0.29) is 5.92 Å². The summed E-state index contributed by atoms with van der Waals surface area (Å²) in [5.74, 6) is 0.888. The van der Waals surface area contributed by atoms with E-state index in [1.165, 1.54) is 0 Å². The highest BCUT2D eigenvalue weighted by Crippen LogP contribution is 2.14. The van der Waals surface area contributed by atoms with Crippen LogP contribution in [0.2, 0.25) is 0 Å². The molecule has 0 heterocycles. The third kappa shape index (κ3) is 5.19. The largest absolute Gasteiger partial charge is 0.497 e. The van der Waals surface area contributed by atoms with Crippen LogP contribution in [0.4, 0.5) is 0 Å². The molecule has 0 saturated carbocycles. The maximum Gasteiger partial charge on any atom is 0.118 e. The Morgan fingerprint density at radius 1 is 1.35 bits per heavy atom. The normalized spacial score (nSPS) is 14.7. The Labute approximate surface area is 121 Å². The van der Waals surface area contributed by atoms with Gasteiger partial charge in [0.15, 0.2) is 0 Å². The van der Waals surface area contributed by atoms with Crippen molar-refractivity contribution in [2.75, 3.05) is 13.7 Å². The van der Waals surface area contributed by atoms with Gasteiger partial charge >= 0.3 is 0 Å². The molecule has 0 aromatic heterocycles. The lowest BCUT2D eigenvalue weighted by molar-refractivity contribution is 0.142. The minimum atomic E-state index is -0.489. The van der Waals surface area contributed by atoms with Crippen molar-refractivity contribution in [3.05, 3.63) is 54.1 Å². The van der Waals surface area contributed by atoms with Gasteiger partial charge < -0.3 is 14.6 Å². The Kier molecular flexibility index (Phi) is 7.05. The summed E-state index contributed by atoms with van der Waals surface area (Å²) < 4.78 is 10.7. The van der Waals surface area contributed by atoms with Gasteiger partial charge in [-0.3, -0.25) is 0 Å². The minimum absolute atomic E-state index is 0.0489. The van der Waals surface area contributed by atoms with E-state index in [4.69, 9.17) is 9.47 Å². The van der Waals surface area contributed by atoms with Crippen molar-refractivity contribution in [3.8, 4) is 5.75 Å². The van der Waals surface area contributed by atoms with Crippen molar-refractivity contribution in [1.29, 1.82) is 0 Å². The van der Waals surface area contributed by atoms with Crippen LogP contribution < -0.4 is 4.74 Å². The molecule has 2 atom stereocenters. The monoisotopic (exact) mass is 276 g/mol. The predicted octanol–water partition coefficient (Wildman–Crippen LogP) is 3.34. The van der Waals surface area contributed by atoms with Gasteiger partial charge in [-0.1, -0.05) is 31.2 Å². The van der Waals surface area contributed by atoms with Crippen molar-refractivity contribution in [3.63, 3.8) is 0 Å². The fourth-order valence-corrected chi connectivity index (χ4v) is 1.75. The van der Waals surface area contributed by atoms with Gasteiger partial charge in [-0.15, -0.1) is 6.58 Å². The summed E-state index contributed by atoms with van der Waals surface area (Å²) in [6.07, 6.45) is 3.17. The van der Waals surface area contributed by atoms with Gasteiger partial charge in [0.25, 0.3) is 0 Å². The first kappa shape index (κ1) is 16.5. The molecule has 0 saturated heterocycles. The van der Waals surface area contributed by atoms with Crippen molar-refractivity contribution < 1.29 is 14.6 Å². The van der Waals surface area contributed by atoms with Crippen molar-refractivity contribution in [2.24, 2.45) is 5.92 Å². The lowest BCUT2D eigenvalue weighted by Gasteiger charge is -2.16. The molecule has 1 aromatic rings. The van der Waals surface area contributed by atoms with Crippen LogP contribution in [0.15, 0.2) is 48.6 Å². The highest BCUT2D eigenvalue weighted by atomic mass is 16.5. The summed E-state index contributed by atoms with van der Waals surface area (Å²) in [6.45, 7) is 8.55. The van der Waals surface area contributed by atoms with E-state index in [1.54, 1.807) is 13.2 Å². The van der Waals surface area contributed by atoms with Crippen LogP contribution in [-0.4, -0.2) is 24.9 Å². The van der Waals surface area contributed by atoms with E-state index in [9.17, 15) is 5.11 Å². The first-order chi connectivity index (χ1) is 9.58. The average molecular weight is 276 g/mol. The molecule has 0 aliphatic carbocycles. The van der Waals surface area contributed by atoms with E-state index < -0.39 is 6.10 Å². The predicted molar refractivity (Wildman–Crippen MR) is 81.8 cm³/mol. The van der Waals surface area contributed by atoms with E-state index in [0.29, 0.717) is 13.2 Å². The summed E-state index contributed by atoms with van der Waals surface area (Å²) in [5, 5.41) is 9.95. The van der Waals surface area contributed by atoms with Crippen molar-refractivity contribution in [2.45, 2.75) is 26.6 Å². The van der Waals surface area contributed by atoms with E-state index in [2.05, 4.69) is 6.58 Å². The van der Waals surface area contributed by atoms with Crippen LogP contribution in [0.5, 0.6) is 5.75 Å². The molecule has 0 aliphatic heterocycles. The second-order valence-electron chi connectivity index (χ2n) is 4.85. The van der Waals surface area contributed by atoms with E-state index in [0.717, 1.165) is 16.9 Å². The molecule has 3 heteroatoms. The molecular weight excluding hydrogens is 252 g/mol. The molecule has 0 fully saturated rings. The number of ether oxygens (including phenoxy) is 2. The number of aliphatic hydroxyl groups excluding tert-OH is 1. The van der Waals surface area contributed by atoms with Gasteiger partial charge in [-0.05, 0) is 30.2 Å². The number of benzene rings is 1. The second-order valence-corrected chi connectivity index (χ2v) is 4.85. The Balaban J connectivity index is 2.38. The number of hydrogen-bond donors (Lipinski definition) is 1. The van der Waals surface area contributed by atoms with Crippen LogP contribution in [0.3, 0.4) is 0 Å². The summed E-state index contributed by atoms with van der Waals surface area (Å²) in [5.41, 5.74) is 2.00. The molecule has 0 radical (unpaired) electrons. The van der Waals surface area contributed by atoms with Gasteiger partial charge in [0.05, 0.1) is 26.4 Å². The summed E-state index contributed by atoms with van der Waals surface area (Å²) >= 11 is 0. The highest BCUT2D eigenvalue weighted by Gasteiger charge is 2.11. The zero-order valence-electron chi connectivity index (χ0n) is 12.5. The Hall–Kier alpha value is -1.58. The molecule has 1 aromatic carbocycles. The number of hydrogen-bond acceptors (Lipinski definition) is 3. The minimum Gasteiger partial charge on any atom is -0.497 e. The van der Waals surface area contributed by atoms with Crippen LogP contribution in [0.25, 0.3) is 0 Å². The summed E-state index contributed by atoms with van der Waals surface area (Å²) in [7, 11) is 1.65. The Morgan fingerprint density at radius 2 is 2.00 bits per heavy atom. The fraction of sp³-hybridized carbons (Fsp3) is 0.412.